The normalized spacial score (nSPS) is 18.7. The van der Waals surface area contributed by atoms with Crippen molar-refractivity contribution in [2.45, 2.75) is 45.6 Å². The third kappa shape index (κ3) is 2.57. The maximum atomic E-state index is 12.5. The second kappa shape index (κ2) is 5.35. The molecule has 1 aliphatic heterocycles. The molecular weight excluding hydrogens is 270 g/mol. The number of amides is 1. The second-order valence-electron chi connectivity index (χ2n) is 5.79. The van der Waals surface area contributed by atoms with Crippen molar-refractivity contribution in [3.05, 3.63) is 35.0 Å². The number of carbonyl (C=O) groups is 1. The number of carbonyl (C=O) groups excluding carboxylic acids is 1. The van der Waals surface area contributed by atoms with E-state index in [1.54, 1.807) is 17.9 Å². The van der Waals surface area contributed by atoms with Gasteiger partial charge in [0.15, 0.2) is 5.69 Å². The molecule has 1 fully saturated rings. The summed E-state index contributed by atoms with van der Waals surface area (Å²) in [6.07, 6.45) is 1.85. The summed E-state index contributed by atoms with van der Waals surface area (Å²) in [5.41, 5.74) is 1.18. The number of nitrogens with zero attached hydrogens (tertiary/aromatic N) is 3. The van der Waals surface area contributed by atoms with Gasteiger partial charge in [-0.25, -0.2) is 0 Å². The summed E-state index contributed by atoms with van der Waals surface area (Å²) < 4.78 is 10.3. The van der Waals surface area contributed by atoms with Gasteiger partial charge in [-0.1, -0.05) is 24.2 Å². The van der Waals surface area contributed by atoms with Gasteiger partial charge < -0.3 is 13.9 Å². The van der Waals surface area contributed by atoms with Crippen molar-refractivity contribution in [2.75, 3.05) is 6.54 Å². The summed E-state index contributed by atoms with van der Waals surface area (Å²) >= 11 is 0. The molecule has 2 aromatic heterocycles. The van der Waals surface area contributed by atoms with Crippen molar-refractivity contribution in [1.29, 1.82) is 0 Å². The molecule has 0 bridgehead atoms. The molecule has 0 aliphatic carbocycles. The van der Waals surface area contributed by atoms with Crippen molar-refractivity contribution in [3.63, 3.8) is 0 Å². The van der Waals surface area contributed by atoms with Crippen LogP contribution in [-0.2, 0) is 0 Å². The van der Waals surface area contributed by atoms with E-state index < -0.39 is 0 Å². The van der Waals surface area contributed by atoms with Crippen molar-refractivity contribution in [3.8, 4) is 0 Å². The lowest BCUT2D eigenvalue weighted by atomic mass is 10.1. The van der Waals surface area contributed by atoms with Crippen molar-refractivity contribution in [1.82, 2.24) is 15.2 Å². The third-order valence-corrected chi connectivity index (χ3v) is 3.82. The average Bonchev–Trinajstić information content (AvgIpc) is 3.17. The first-order chi connectivity index (χ1) is 10.1. The first-order valence-electron chi connectivity index (χ1n) is 7.27. The number of hydrogen-bond donors (Lipinski definition) is 0. The Labute approximate surface area is 123 Å². The van der Waals surface area contributed by atoms with E-state index in [1.165, 1.54) is 0 Å². The van der Waals surface area contributed by atoms with Crippen LogP contribution < -0.4 is 0 Å². The molecule has 0 saturated carbocycles. The van der Waals surface area contributed by atoms with E-state index in [1.807, 2.05) is 6.07 Å². The van der Waals surface area contributed by atoms with Gasteiger partial charge in [0, 0.05) is 24.6 Å². The maximum absolute atomic E-state index is 12.5. The molecule has 1 amide bonds. The van der Waals surface area contributed by atoms with Crippen molar-refractivity contribution in [2.24, 2.45) is 0 Å². The Kier molecular flexibility index (Phi) is 3.53. The lowest BCUT2D eigenvalue weighted by Crippen LogP contribution is -2.30. The van der Waals surface area contributed by atoms with Crippen molar-refractivity contribution < 1.29 is 13.8 Å². The third-order valence-electron chi connectivity index (χ3n) is 3.82. The molecule has 0 unspecified atom stereocenters. The largest absolute Gasteiger partial charge is 0.361 e. The minimum atomic E-state index is -0.108. The Balaban J connectivity index is 1.83. The summed E-state index contributed by atoms with van der Waals surface area (Å²) in [7, 11) is 0. The van der Waals surface area contributed by atoms with Crippen LogP contribution in [0.2, 0.25) is 0 Å². The number of rotatable bonds is 3. The molecule has 3 rings (SSSR count). The zero-order chi connectivity index (χ0) is 15.0. The number of aryl methyl sites for hydroxylation is 1. The van der Waals surface area contributed by atoms with E-state index in [0.29, 0.717) is 18.0 Å². The van der Waals surface area contributed by atoms with Crippen LogP contribution in [0.1, 0.15) is 66.4 Å². The molecule has 0 spiro atoms. The lowest BCUT2D eigenvalue weighted by molar-refractivity contribution is 0.0720. The molecule has 1 aliphatic rings. The van der Waals surface area contributed by atoms with Gasteiger partial charge in [-0.2, -0.15) is 0 Å². The zero-order valence-electron chi connectivity index (χ0n) is 12.5. The monoisotopic (exact) mass is 289 g/mol. The summed E-state index contributed by atoms with van der Waals surface area (Å²) in [5.74, 6) is 1.66. The van der Waals surface area contributed by atoms with Crippen LogP contribution in [0.3, 0.4) is 0 Å². The van der Waals surface area contributed by atoms with E-state index in [0.717, 1.165) is 24.3 Å². The summed E-state index contributed by atoms with van der Waals surface area (Å²) in [6.45, 7) is 6.59. The van der Waals surface area contributed by atoms with Gasteiger partial charge in [0.05, 0.1) is 6.04 Å². The summed E-state index contributed by atoms with van der Waals surface area (Å²) in [6, 6.07) is 3.58. The predicted octanol–water partition coefficient (Wildman–Crippen LogP) is 3.07. The Hall–Kier alpha value is -2.11. The van der Waals surface area contributed by atoms with Crippen LogP contribution in [0.25, 0.3) is 0 Å². The molecule has 3 heterocycles. The van der Waals surface area contributed by atoms with Gasteiger partial charge >= 0.3 is 0 Å². The van der Waals surface area contributed by atoms with Gasteiger partial charge in [-0.3, -0.25) is 4.79 Å². The van der Waals surface area contributed by atoms with E-state index in [2.05, 4.69) is 24.2 Å². The minimum absolute atomic E-state index is 0.0363. The maximum Gasteiger partial charge on any atom is 0.276 e. The number of likely N-dealkylation sites (tertiary alicyclic amines) is 1. The average molecular weight is 289 g/mol. The van der Waals surface area contributed by atoms with E-state index in [4.69, 9.17) is 9.05 Å². The van der Waals surface area contributed by atoms with Crippen LogP contribution in [0, 0.1) is 6.92 Å². The van der Waals surface area contributed by atoms with E-state index >= 15 is 0 Å². The first kappa shape index (κ1) is 13.9. The van der Waals surface area contributed by atoms with Gasteiger partial charge in [-0.15, -0.1) is 0 Å². The van der Waals surface area contributed by atoms with Gasteiger partial charge in [0.1, 0.15) is 17.2 Å². The first-order valence-corrected chi connectivity index (χ1v) is 7.27. The topological polar surface area (TPSA) is 72.4 Å². The molecule has 1 atom stereocenters. The Bertz CT molecular complexity index is 644. The van der Waals surface area contributed by atoms with Crippen LogP contribution in [0.5, 0.6) is 0 Å². The molecule has 1 saturated heterocycles. The van der Waals surface area contributed by atoms with E-state index in [9.17, 15) is 4.79 Å². The number of aromatic nitrogens is 2. The highest BCUT2D eigenvalue weighted by Crippen LogP contribution is 2.33. The highest BCUT2D eigenvalue weighted by Gasteiger charge is 2.34. The van der Waals surface area contributed by atoms with Crippen LogP contribution in [0.4, 0.5) is 0 Å². The van der Waals surface area contributed by atoms with Gasteiger partial charge in [0.2, 0.25) is 0 Å². The van der Waals surface area contributed by atoms with Crippen molar-refractivity contribution >= 4 is 5.91 Å². The Morgan fingerprint density at radius 3 is 2.76 bits per heavy atom. The summed E-state index contributed by atoms with van der Waals surface area (Å²) in [5, 5.41) is 7.95. The fourth-order valence-corrected chi connectivity index (χ4v) is 2.66. The van der Waals surface area contributed by atoms with Crippen LogP contribution in [-0.4, -0.2) is 27.7 Å². The molecule has 0 aromatic carbocycles. The molecule has 6 nitrogen and oxygen atoms in total. The Morgan fingerprint density at radius 2 is 2.14 bits per heavy atom. The minimum Gasteiger partial charge on any atom is -0.361 e. The standard InChI is InChI=1S/C15H19N3O3/c1-9(2)14-8-11(16-21-14)13-5-4-6-18(13)15(19)12-7-10(3)20-17-12/h7-9,13H,4-6H2,1-3H3/t13-/m1/s1. The van der Waals surface area contributed by atoms with Gasteiger partial charge in [-0.05, 0) is 19.8 Å². The molecule has 6 heteroatoms. The molecule has 0 radical (unpaired) electrons. The van der Waals surface area contributed by atoms with Gasteiger partial charge in [0.25, 0.3) is 5.91 Å². The molecular formula is C15H19N3O3. The predicted molar refractivity (Wildman–Crippen MR) is 74.8 cm³/mol. The summed E-state index contributed by atoms with van der Waals surface area (Å²) in [4.78, 5) is 14.3. The quantitative estimate of drug-likeness (QED) is 0.868. The SMILES string of the molecule is Cc1cc(C(=O)N2CCC[C@@H]2c2cc(C(C)C)on2)no1. The lowest BCUT2D eigenvalue weighted by Gasteiger charge is -2.21. The Morgan fingerprint density at radius 1 is 1.33 bits per heavy atom. The molecule has 0 N–H and O–H groups in total. The smallest absolute Gasteiger partial charge is 0.276 e. The highest BCUT2D eigenvalue weighted by molar-refractivity contribution is 5.92. The fraction of sp³-hybridized carbons (Fsp3) is 0.533. The fourth-order valence-electron chi connectivity index (χ4n) is 2.66. The number of hydrogen-bond acceptors (Lipinski definition) is 5. The second-order valence-corrected chi connectivity index (χ2v) is 5.79. The molecule has 112 valence electrons. The zero-order valence-corrected chi connectivity index (χ0v) is 12.5. The van der Waals surface area contributed by atoms with E-state index in [-0.39, 0.29) is 17.9 Å². The molecule has 21 heavy (non-hydrogen) atoms. The van der Waals surface area contributed by atoms with Crippen LogP contribution >= 0.6 is 0 Å². The molecule has 2 aromatic rings. The highest BCUT2D eigenvalue weighted by atomic mass is 16.5. The van der Waals surface area contributed by atoms with Crippen LogP contribution in [0.15, 0.2) is 21.2 Å².